The van der Waals surface area contributed by atoms with Crippen LogP contribution in [0.3, 0.4) is 0 Å². The molecule has 0 bridgehead atoms. The molecule has 0 saturated carbocycles. The van der Waals surface area contributed by atoms with Crippen LogP contribution >= 0.6 is 0 Å². The molecule has 0 spiro atoms. The third kappa shape index (κ3) is 2.90. The highest BCUT2D eigenvalue weighted by Gasteiger charge is 2.30. The monoisotopic (exact) mass is 310 g/mol. The normalized spacial score (nSPS) is 16.9. The number of methoxy groups -OCH3 is 2. The highest BCUT2D eigenvalue weighted by Crippen LogP contribution is 2.39. The van der Waals surface area contributed by atoms with E-state index in [4.69, 9.17) is 14.7 Å². The number of hydrogen-bond donors (Lipinski definition) is 0. The first-order valence-electron chi connectivity index (χ1n) is 7.48. The van der Waals surface area contributed by atoms with Gasteiger partial charge in [0.1, 0.15) is 23.3 Å². The van der Waals surface area contributed by atoms with E-state index in [1.807, 2.05) is 18.2 Å². The summed E-state index contributed by atoms with van der Waals surface area (Å²) in [5, 5.41) is 9.03. The molecule has 2 heterocycles. The van der Waals surface area contributed by atoms with Crippen LogP contribution in [-0.2, 0) is 0 Å². The average molecular weight is 310 g/mol. The Morgan fingerprint density at radius 3 is 2.87 bits per heavy atom. The highest BCUT2D eigenvalue weighted by molar-refractivity contribution is 5.48. The third-order valence-electron chi connectivity index (χ3n) is 4.07. The lowest BCUT2D eigenvalue weighted by molar-refractivity contribution is 0.388. The Bertz CT molecular complexity index is 742. The molecule has 1 aromatic heterocycles. The van der Waals surface area contributed by atoms with Crippen LogP contribution in [-0.4, -0.2) is 30.7 Å². The number of rotatable bonds is 4. The molecular formula is C17H18N4O2. The first-order valence-corrected chi connectivity index (χ1v) is 7.48. The van der Waals surface area contributed by atoms with Crippen molar-refractivity contribution in [1.82, 2.24) is 9.97 Å². The Morgan fingerprint density at radius 1 is 1.26 bits per heavy atom. The standard InChI is InChI=1S/C17H18N4O2/c1-22-13-5-6-14(16(10-13)23-2)15-4-3-9-21(15)17-19-8-7-12(11-18)20-17/h5-8,10,15H,3-4,9H2,1-2H3. The summed E-state index contributed by atoms with van der Waals surface area (Å²) in [6.07, 6.45) is 3.66. The lowest BCUT2D eigenvalue weighted by Crippen LogP contribution is -2.25. The minimum atomic E-state index is 0.129. The molecule has 6 heteroatoms. The number of nitrogens with zero attached hydrogens (tertiary/aromatic N) is 4. The van der Waals surface area contributed by atoms with Crippen LogP contribution in [0.15, 0.2) is 30.5 Å². The number of hydrogen-bond acceptors (Lipinski definition) is 6. The van der Waals surface area contributed by atoms with E-state index in [0.29, 0.717) is 11.6 Å². The molecule has 23 heavy (non-hydrogen) atoms. The molecule has 1 unspecified atom stereocenters. The fourth-order valence-electron chi connectivity index (χ4n) is 2.97. The SMILES string of the molecule is COc1ccc(C2CCCN2c2nccc(C#N)n2)c(OC)c1. The van der Waals surface area contributed by atoms with Gasteiger partial charge in [-0.15, -0.1) is 0 Å². The Kier molecular flexibility index (Phi) is 4.29. The molecule has 3 rings (SSSR count). The smallest absolute Gasteiger partial charge is 0.227 e. The summed E-state index contributed by atoms with van der Waals surface area (Å²) in [6, 6.07) is 9.65. The summed E-state index contributed by atoms with van der Waals surface area (Å²) in [6.45, 7) is 0.856. The topological polar surface area (TPSA) is 71.3 Å². The predicted octanol–water partition coefficient (Wildman–Crippen LogP) is 2.71. The Labute approximate surface area is 135 Å². The number of anilines is 1. The summed E-state index contributed by atoms with van der Waals surface area (Å²) in [5.41, 5.74) is 1.46. The number of nitriles is 1. The fraction of sp³-hybridized carbons (Fsp3) is 0.353. The maximum absolute atomic E-state index is 9.03. The molecule has 1 fully saturated rings. The maximum atomic E-state index is 9.03. The molecule has 0 N–H and O–H groups in total. The van der Waals surface area contributed by atoms with Crippen LogP contribution in [0.1, 0.15) is 30.1 Å². The zero-order chi connectivity index (χ0) is 16.2. The molecule has 0 amide bonds. The van der Waals surface area contributed by atoms with Gasteiger partial charge in [0.15, 0.2) is 0 Å². The zero-order valence-corrected chi connectivity index (χ0v) is 13.2. The molecule has 1 aliphatic rings. The first kappa shape index (κ1) is 15.1. The quantitative estimate of drug-likeness (QED) is 0.864. The molecule has 1 saturated heterocycles. The van der Waals surface area contributed by atoms with E-state index < -0.39 is 0 Å². The lowest BCUT2D eigenvalue weighted by Gasteiger charge is -2.26. The van der Waals surface area contributed by atoms with Crippen molar-refractivity contribution < 1.29 is 9.47 Å². The van der Waals surface area contributed by atoms with Crippen LogP contribution < -0.4 is 14.4 Å². The van der Waals surface area contributed by atoms with Crippen LogP contribution in [0.2, 0.25) is 0 Å². The second-order valence-corrected chi connectivity index (χ2v) is 5.31. The Hall–Kier alpha value is -2.81. The van der Waals surface area contributed by atoms with Gasteiger partial charge < -0.3 is 14.4 Å². The second-order valence-electron chi connectivity index (χ2n) is 5.31. The van der Waals surface area contributed by atoms with Crippen molar-refractivity contribution in [3.63, 3.8) is 0 Å². The molecule has 1 aliphatic heterocycles. The molecule has 6 nitrogen and oxygen atoms in total. The van der Waals surface area contributed by atoms with E-state index in [0.717, 1.165) is 36.4 Å². The summed E-state index contributed by atoms with van der Waals surface area (Å²) in [4.78, 5) is 10.8. The van der Waals surface area contributed by atoms with E-state index in [-0.39, 0.29) is 6.04 Å². The predicted molar refractivity (Wildman–Crippen MR) is 85.6 cm³/mol. The Balaban J connectivity index is 1.97. The molecule has 1 atom stereocenters. The van der Waals surface area contributed by atoms with Crippen molar-refractivity contribution in [2.75, 3.05) is 25.7 Å². The van der Waals surface area contributed by atoms with Crippen molar-refractivity contribution in [2.24, 2.45) is 0 Å². The minimum Gasteiger partial charge on any atom is -0.497 e. The van der Waals surface area contributed by atoms with Crippen molar-refractivity contribution in [3.05, 3.63) is 41.7 Å². The molecule has 118 valence electrons. The van der Waals surface area contributed by atoms with E-state index in [9.17, 15) is 0 Å². The Morgan fingerprint density at radius 2 is 2.13 bits per heavy atom. The molecule has 0 radical (unpaired) electrons. The molecule has 0 aliphatic carbocycles. The second kappa shape index (κ2) is 6.53. The van der Waals surface area contributed by atoms with Crippen molar-refractivity contribution in [1.29, 1.82) is 5.26 Å². The molecule has 1 aromatic carbocycles. The third-order valence-corrected chi connectivity index (χ3v) is 4.07. The van der Waals surface area contributed by atoms with Crippen molar-refractivity contribution in [2.45, 2.75) is 18.9 Å². The zero-order valence-electron chi connectivity index (χ0n) is 13.2. The summed E-state index contributed by atoms with van der Waals surface area (Å²) in [5.74, 6) is 2.14. The first-order chi connectivity index (χ1) is 11.3. The van der Waals surface area contributed by atoms with Gasteiger partial charge in [-0.3, -0.25) is 0 Å². The van der Waals surface area contributed by atoms with Crippen LogP contribution in [0.4, 0.5) is 5.95 Å². The van der Waals surface area contributed by atoms with Gasteiger partial charge in [-0.1, -0.05) is 0 Å². The van der Waals surface area contributed by atoms with Gasteiger partial charge in [0.25, 0.3) is 0 Å². The summed E-state index contributed by atoms with van der Waals surface area (Å²) >= 11 is 0. The van der Waals surface area contributed by atoms with Gasteiger partial charge in [-0.25, -0.2) is 9.97 Å². The summed E-state index contributed by atoms with van der Waals surface area (Å²) in [7, 11) is 3.29. The highest BCUT2D eigenvalue weighted by atomic mass is 16.5. The molecular weight excluding hydrogens is 292 g/mol. The van der Waals surface area contributed by atoms with Crippen LogP contribution in [0.5, 0.6) is 11.5 Å². The maximum Gasteiger partial charge on any atom is 0.227 e. The number of benzene rings is 1. The largest absolute Gasteiger partial charge is 0.497 e. The van der Waals surface area contributed by atoms with Crippen LogP contribution in [0, 0.1) is 11.3 Å². The minimum absolute atomic E-state index is 0.129. The number of ether oxygens (including phenoxy) is 2. The van der Waals surface area contributed by atoms with Gasteiger partial charge in [-0.2, -0.15) is 5.26 Å². The van der Waals surface area contributed by atoms with Gasteiger partial charge >= 0.3 is 0 Å². The van der Waals surface area contributed by atoms with Gasteiger partial charge in [0, 0.05) is 24.4 Å². The average Bonchev–Trinajstić information content (AvgIpc) is 3.10. The summed E-state index contributed by atoms with van der Waals surface area (Å²) < 4.78 is 10.8. The van der Waals surface area contributed by atoms with E-state index in [1.165, 1.54) is 0 Å². The van der Waals surface area contributed by atoms with E-state index >= 15 is 0 Å². The lowest BCUT2D eigenvalue weighted by atomic mass is 10.0. The van der Waals surface area contributed by atoms with Crippen molar-refractivity contribution >= 4 is 5.95 Å². The number of aromatic nitrogens is 2. The van der Waals surface area contributed by atoms with E-state index in [2.05, 4.69) is 20.9 Å². The van der Waals surface area contributed by atoms with Crippen LogP contribution in [0.25, 0.3) is 0 Å². The van der Waals surface area contributed by atoms with Gasteiger partial charge in [-0.05, 0) is 31.0 Å². The molecule has 2 aromatic rings. The van der Waals surface area contributed by atoms with E-state index in [1.54, 1.807) is 26.5 Å². The fourth-order valence-corrected chi connectivity index (χ4v) is 2.97. The van der Waals surface area contributed by atoms with Gasteiger partial charge in [0.2, 0.25) is 5.95 Å². The van der Waals surface area contributed by atoms with Gasteiger partial charge in [0.05, 0.1) is 20.3 Å². The van der Waals surface area contributed by atoms with Crippen molar-refractivity contribution in [3.8, 4) is 17.6 Å².